The summed E-state index contributed by atoms with van der Waals surface area (Å²) in [7, 11) is 0. The average molecular weight is 322 g/mol. The molecule has 1 aliphatic carbocycles. The van der Waals surface area contributed by atoms with Crippen LogP contribution in [0.15, 0.2) is 0 Å². The summed E-state index contributed by atoms with van der Waals surface area (Å²) >= 11 is 0. The number of hydrogen-bond donors (Lipinski definition) is 2. The van der Waals surface area contributed by atoms with Gasteiger partial charge in [-0.25, -0.2) is 4.79 Å². The molecule has 0 aromatic heterocycles. The van der Waals surface area contributed by atoms with Gasteiger partial charge in [-0.05, 0) is 32.1 Å². The average Bonchev–Trinajstić information content (AvgIpc) is 3.18. The molecule has 0 spiro atoms. The molecule has 0 unspecified atom stereocenters. The van der Waals surface area contributed by atoms with Crippen LogP contribution in [0.25, 0.3) is 0 Å². The van der Waals surface area contributed by atoms with Gasteiger partial charge in [0.25, 0.3) is 0 Å². The molecule has 2 saturated heterocycles. The predicted molar refractivity (Wildman–Crippen MR) is 89.2 cm³/mol. The number of nitrogens with one attached hydrogen (secondary N) is 2. The van der Waals surface area contributed by atoms with E-state index in [1.807, 2.05) is 4.90 Å². The molecule has 0 aromatic carbocycles. The SMILES string of the molecule is CC(=O)N1CCC(NC(=O)N[C@@H]2CCN(C3CCCC3)C2)CC1. The number of nitrogens with zero attached hydrogens (tertiary/aromatic N) is 2. The summed E-state index contributed by atoms with van der Waals surface area (Å²) in [5, 5.41) is 6.22. The molecule has 0 bridgehead atoms. The molecule has 0 radical (unpaired) electrons. The minimum absolute atomic E-state index is 0.0375. The highest BCUT2D eigenvalue weighted by Gasteiger charge is 2.31. The Kier molecular flexibility index (Phi) is 5.41. The van der Waals surface area contributed by atoms with E-state index in [4.69, 9.17) is 0 Å². The van der Waals surface area contributed by atoms with Gasteiger partial charge in [0.1, 0.15) is 0 Å². The normalized spacial score (nSPS) is 27.3. The van der Waals surface area contributed by atoms with Crippen LogP contribution in [0, 0.1) is 0 Å². The standard InChI is InChI=1S/C17H30N4O2/c1-13(22)20-9-6-14(7-10-20)18-17(23)19-15-8-11-21(12-15)16-4-2-3-5-16/h14-16H,2-12H2,1H3,(H2,18,19,23)/t15-/m1/s1. The molecule has 6 heteroatoms. The van der Waals surface area contributed by atoms with Gasteiger partial charge in [-0.1, -0.05) is 12.8 Å². The highest BCUT2D eigenvalue weighted by molar-refractivity contribution is 5.75. The van der Waals surface area contributed by atoms with Crippen molar-refractivity contribution in [3.63, 3.8) is 0 Å². The van der Waals surface area contributed by atoms with E-state index in [1.54, 1.807) is 6.92 Å². The Morgan fingerprint density at radius 3 is 2.13 bits per heavy atom. The first-order chi connectivity index (χ1) is 11.1. The Labute approximate surface area is 139 Å². The number of likely N-dealkylation sites (tertiary alicyclic amines) is 2. The highest BCUT2D eigenvalue weighted by atomic mass is 16.2. The molecule has 3 rings (SSSR count). The predicted octanol–water partition coefficient (Wildman–Crippen LogP) is 1.31. The van der Waals surface area contributed by atoms with Crippen molar-refractivity contribution in [2.45, 2.75) is 70.0 Å². The maximum absolute atomic E-state index is 12.2. The van der Waals surface area contributed by atoms with E-state index in [9.17, 15) is 9.59 Å². The second kappa shape index (κ2) is 7.51. The lowest BCUT2D eigenvalue weighted by Gasteiger charge is -2.32. The van der Waals surface area contributed by atoms with Crippen molar-refractivity contribution >= 4 is 11.9 Å². The zero-order chi connectivity index (χ0) is 16.2. The van der Waals surface area contributed by atoms with Crippen molar-refractivity contribution in [2.75, 3.05) is 26.2 Å². The lowest BCUT2D eigenvalue weighted by Crippen LogP contribution is -2.51. The van der Waals surface area contributed by atoms with Gasteiger partial charge >= 0.3 is 6.03 Å². The third-order valence-corrected chi connectivity index (χ3v) is 5.67. The van der Waals surface area contributed by atoms with E-state index in [2.05, 4.69) is 15.5 Å². The molecule has 23 heavy (non-hydrogen) atoms. The van der Waals surface area contributed by atoms with Crippen molar-refractivity contribution in [1.82, 2.24) is 20.4 Å². The van der Waals surface area contributed by atoms with Crippen molar-refractivity contribution < 1.29 is 9.59 Å². The number of hydrogen-bond acceptors (Lipinski definition) is 3. The second-order valence-electron chi connectivity index (χ2n) is 7.32. The number of urea groups is 1. The number of carbonyl (C=O) groups excluding carboxylic acids is 2. The van der Waals surface area contributed by atoms with Gasteiger partial charge in [-0.2, -0.15) is 0 Å². The summed E-state index contributed by atoms with van der Waals surface area (Å²) in [5.41, 5.74) is 0. The van der Waals surface area contributed by atoms with Crippen LogP contribution in [-0.2, 0) is 4.79 Å². The Hall–Kier alpha value is -1.30. The maximum atomic E-state index is 12.2. The number of amides is 3. The summed E-state index contributed by atoms with van der Waals surface area (Å²) in [6.45, 7) is 5.22. The molecule has 1 saturated carbocycles. The summed E-state index contributed by atoms with van der Waals surface area (Å²) in [5.74, 6) is 0.130. The lowest BCUT2D eigenvalue weighted by atomic mass is 10.1. The summed E-state index contributed by atoms with van der Waals surface area (Å²) < 4.78 is 0. The van der Waals surface area contributed by atoms with E-state index < -0.39 is 0 Å². The van der Waals surface area contributed by atoms with Gasteiger partial charge in [-0.15, -0.1) is 0 Å². The summed E-state index contributed by atoms with van der Waals surface area (Å²) in [6, 6.07) is 1.19. The van der Waals surface area contributed by atoms with E-state index >= 15 is 0 Å². The molecule has 2 N–H and O–H groups in total. The quantitative estimate of drug-likeness (QED) is 0.823. The van der Waals surface area contributed by atoms with Gasteiger partial charge in [-0.3, -0.25) is 9.69 Å². The first-order valence-electron chi connectivity index (χ1n) is 9.18. The fraction of sp³-hybridized carbons (Fsp3) is 0.882. The molecule has 1 atom stereocenters. The Morgan fingerprint density at radius 2 is 1.48 bits per heavy atom. The Bertz CT molecular complexity index is 428. The molecule has 2 heterocycles. The molecule has 3 fully saturated rings. The fourth-order valence-electron chi connectivity index (χ4n) is 4.26. The first-order valence-corrected chi connectivity index (χ1v) is 9.18. The summed E-state index contributed by atoms with van der Waals surface area (Å²) in [6.07, 6.45) is 8.14. The zero-order valence-electron chi connectivity index (χ0n) is 14.2. The molecule has 2 aliphatic heterocycles. The first kappa shape index (κ1) is 16.6. The molecule has 3 aliphatic rings. The van der Waals surface area contributed by atoms with Crippen molar-refractivity contribution in [1.29, 1.82) is 0 Å². The molecule has 6 nitrogen and oxygen atoms in total. The molecular weight excluding hydrogens is 292 g/mol. The highest BCUT2D eigenvalue weighted by Crippen LogP contribution is 2.26. The number of carbonyl (C=O) groups is 2. The van der Waals surface area contributed by atoms with E-state index in [0.717, 1.165) is 51.5 Å². The van der Waals surface area contributed by atoms with Crippen molar-refractivity contribution in [3.8, 4) is 0 Å². The topological polar surface area (TPSA) is 64.7 Å². The third kappa shape index (κ3) is 4.37. The van der Waals surface area contributed by atoms with Crippen LogP contribution >= 0.6 is 0 Å². The lowest BCUT2D eigenvalue weighted by molar-refractivity contribution is -0.129. The minimum atomic E-state index is -0.0375. The van der Waals surface area contributed by atoms with Gasteiger partial charge in [0.05, 0.1) is 0 Å². The Morgan fingerprint density at radius 1 is 0.870 bits per heavy atom. The van der Waals surface area contributed by atoms with Crippen LogP contribution in [-0.4, -0.2) is 66.0 Å². The number of rotatable bonds is 3. The van der Waals surface area contributed by atoms with E-state index in [-0.39, 0.29) is 24.0 Å². The van der Waals surface area contributed by atoms with Crippen LogP contribution in [0.5, 0.6) is 0 Å². The van der Waals surface area contributed by atoms with Crippen LogP contribution in [0.3, 0.4) is 0 Å². The fourth-order valence-corrected chi connectivity index (χ4v) is 4.26. The van der Waals surface area contributed by atoms with Crippen LogP contribution in [0.4, 0.5) is 4.79 Å². The largest absolute Gasteiger partial charge is 0.343 e. The zero-order valence-corrected chi connectivity index (χ0v) is 14.2. The van der Waals surface area contributed by atoms with E-state index in [1.165, 1.54) is 25.7 Å². The third-order valence-electron chi connectivity index (χ3n) is 5.67. The van der Waals surface area contributed by atoms with Gasteiger partial charge < -0.3 is 15.5 Å². The number of piperidine rings is 1. The van der Waals surface area contributed by atoms with Crippen molar-refractivity contribution in [2.24, 2.45) is 0 Å². The monoisotopic (exact) mass is 322 g/mol. The van der Waals surface area contributed by atoms with Crippen LogP contribution < -0.4 is 10.6 Å². The maximum Gasteiger partial charge on any atom is 0.315 e. The van der Waals surface area contributed by atoms with Crippen LogP contribution in [0.2, 0.25) is 0 Å². The minimum Gasteiger partial charge on any atom is -0.343 e. The molecule has 130 valence electrons. The smallest absolute Gasteiger partial charge is 0.315 e. The molecule has 3 amide bonds. The second-order valence-corrected chi connectivity index (χ2v) is 7.32. The van der Waals surface area contributed by atoms with Gasteiger partial charge in [0.2, 0.25) is 5.91 Å². The molecule has 0 aromatic rings. The summed E-state index contributed by atoms with van der Waals surface area (Å²) in [4.78, 5) is 27.9. The van der Waals surface area contributed by atoms with Crippen LogP contribution in [0.1, 0.15) is 51.9 Å². The van der Waals surface area contributed by atoms with Gasteiger partial charge in [0, 0.05) is 51.2 Å². The molecular formula is C17H30N4O2. The van der Waals surface area contributed by atoms with E-state index in [0.29, 0.717) is 0 Å². The van der Waals surface area contributed by atoms with Gasteiger partial charge in [0.15, 0.2) is 0 Å². The Balaban J connectivity index is 1.36. The van der Waals surface area contributed by atoms with Crippen molar-refractivity contribution in [3.05, 3.63) is 0 Å².